The average Bonchev–Trinajstić information content (AvgIpc) is 2.30. The van der Waals surface area contributed by atoms with Crippen molar-refractivity contribution in [3.8, 4) is 6.07 Å². The smallest absolute Gasteiger partial charge is 0.322 e. The molecule has 0 saturated heterocycles. The normalized spacial score (nSPS) is 10.1. The van der Waals surface area contributed by atoms with Crippen molar-refractivity contribution in [2.75, 3.05) is 6.54 Å². The van der Waals surface area contributed by atoms with Crippen LogP contribution in [0.1, 0.15) is 36.5 Å². The first-order valence-electron chi connectivity index (χ1n) is 5.82. The summed E-state index contributed by atoms with van der Waals surface area (Å²) < 4.78 is 0. The Morgan fingerprint density at radius 2 is 2.18 bits per heavy atom. The molecule has 0 heterocycles. The molecular formula is C14H18N2O. The lowest BCUT2D eigenvalue weighted by Gasteiger charge is -2.11. The first kappa shape index (κ1) is 13.2. The van der Waals surface area contributed by atoms with Crippen LogP contribution in [0.5, 0.6) is 0 Å². The van der Waals surface area contributed by atoms with E-state index in [1.807, 2.05) is 0 Å². The number of hydrogen-bond donors (Lipinski definition) is 1. The average molecular weight is 230 g/mol. The van der Waals surface area contributed by atoms with E-state index in [1.165, 1.54) is 16.7 Å². The number of nitriles is 1. The van der Waals surface area contributed by atoms with Gasteiger partial charge in [-0.2, -0.15) is 5.26 Å². The van der Waals surface area contributed by atoms with Crippen LogP contribution in [0.2, 0.25) is 0 Å². The zero-order valence-electron chi connectivity index (χ0n) is 10.6. The maximum absolute atomic E-state index is 10.8. The van der Waals surface area contributed by atoms with E-state index < -0.39 is 5.91 Å². The Balaban J connectivity index is 2.67. The SMILES string of the molecule is Cc1ccc(C(C)C)cc1CCNC(=O)C#N. The van der Waals surface area contributed by atoms with Gasteiger partial charge in [-0.15, -0.1) is 0 Å². The van der Waals surface area contributed by atoms with Crippen molar-refractivity contribution >= 4 is 5.91 Å². The molecule has 0 aliphatic heterocycles. The molecule has 17 heavy (non-hydrogen) atoms. The topological polar surface area (TPSA) is 52.9 Å². The fourth-order valence-corrected chi connectivity index (χ4v) is 1.67. The molecule has 1 rings (SSSR count). The van der Waals surface area contributed by atoms with Gasteiger partial charge < -0.3 is 5.32 Å². The van der Waals surface area contributed by atoms with Crippen molar-refractivity contribution in [1.82, 2.24) is 5.32 Å². The minimum atomic E-state index is -0.567. The summed E-state index contributed by atoms with van der Waals surface area (Å²) in [5.41, 5.74) is 3.76. The lowest BCUT2D eigenvalue weighted by molar-refractivity contribution is -0.115. The minimum absolute atomic E-state index is 0.503. The monoisotopic (exact) mass is 230 g/mol. The number of nitrogens with zero attached hydrogens (tertiary/aromatic N) is 1. The number of rotatable bonds is 4. The number of hydrogen-bond acceptors (Lipinski definition) is 2. The molecule has 0 aromatic heterocycles. The molecule has 0 radical (unpaired) electrons. The Hall–Kier alpha value is -1.82. The first-order chi connectivity index (χ1) is 8.04. The van der Waals surface area contributed by atoms with Crippen LogP contribution >= 0.6 is 0 Å². The third kappa shape index (κ3) is 3.92. The van der Waals surface area contributed by atoms with Gasteiger partial charge in [0.15, 0.2) is 6.07 Å². The van der Waals surface area contributed by atoms with E-state index >= 15 is 0 Å². The fourth-order valence-electron chi connectivity index (χ4n) is 1.67. The predicted octanol–water partition coefficient (Wildman–Crippen LogP) is 2.30. The van der Waals surface area contributed by atoms with Gasteiger partial charge in [0, 0.05) is 6.54 Å². The molecule has 1 aromatic rings. The molecule has 0 saturated carbocycles. The van der Waals surface area contributed by atoms with E-state index in [1.54, 1.807) is 6.07 Å². The third-order valence-corrected chi connectivity index (χ3v) is 2.82. The first-order valence-corrected chi connectivity index (χ1v) is 5.82. The molecule has 90 valence electrons. The molecule has 0 spiro atoms. The molecule has 0 aliphatic carbocycles. The molecule has 0 aliphatic rings. The molecule has 3 heteroatoms. The highest BCUT2D eigenvalue weighted by Gasteiger charge is 2.04. The minimum Gasteiger partial charge on any atom is -0.343 e. The fraction of sp³-hybridized carbons (Fsp3) is 0.429. The predicted molar refractivity (Wildman–Crippen MR) is 67.6 cm³/mol. The lowest BCUT2D eigenvalue weighted by atomic mass is 9.96. The van der Waals surface area contributed by atoms with Crippen LogP contribution in [-0.2, 0) is 11.2 Å². The van der Waals surface area contributed by atoms with Gasteiger partial charge >= 0.3 is 5.91 Å². The van der Waals surface area contributed by atoms with Crippen molar-refractivity contribution in [2.24, 2.45) is 0 Å². The quantitative estimate of drug-likeness (QED) is 0.807. The second-order valence-corrected chi connectivity index (χ2v) is 4.46. The summed E-state index contributed by atoms with van der Waals surface area (Å²) >= 11 is 0. The van der Waals surface area contributed by atoms with Crippen LogP contribution in [0.3, 0.4) is 0 Å². The van der Waals surface area contributed by atoms with Gasteiger partial charge in [-0.25, -0.2) is 0 Å². The molecule has 1 aromatic carbocycles. The van der Waals surface area contributed by atoms with E-state index in [4.69, 9.17) is 5.26 Å². The lowest BCUT2D eigenvalue weighted by Crippen LogP contribution is -2.24. The van der Waals surface area contributed by atoms with Crippen LogP contribution in [0.4, 0.5) is 0 Å². The summed E-state index contributed by atoms with van der Waals surface area (Å²) in [4.78, 5) is 10.8. The van der Waals surface area contributed by atoms with Crippen molar-refractivity contribution in [1.29, 1.82) is 5.26 Å². The van der Waals surface area contributed by atoms with Gasteiger partial charge in [0.2, 0.25) is 0 Å². The zero-order chi connectivity index (χ0) is 12.8. The summed E-state index contributed by atoms with van der Waals surface area (Å²) in [6.07, 6.45) is 0.764. The van der Waals surface area contributed by atoms with Gasteiger partial charge in [-0.3, -0.25) is 4.79 Å². The van der Waals surface area contributed by atoms with Crippen molar-refractivity contribution in [2.45, 2.75) is 33.1 Å². The Morgan fingerprint density at radius 3 is 2.76 bits per heavy atom. The highest BCUT2D eigenvalue weighted by atomic mass is 16.1. The van der Waals surface area contributed by atoms with Gasteiger partial charge in [0.1, 0.15) is 0 Å². The summed E-state index contributed by atoms with van der Waals surface area (Å²) in [6, 6.07) is 7.97. The van der Waals surface area contributed by atoms with Crippen molar-refractivity contribution < 1.29 is 4.79 Å². The Morgan fingerprint density at radius 1 is 1.47 bits per heavy atom. The maximum Gasteiger partial charge on any atom is 0.322 e. The molecule has 1 amide bonds. The third-order valence-electron chi connectivity index (χ3n) is 2.82. The molecule has 3 nitrogen and oxygen atoms in total. The number of carbonyl (C=O) groups excluding carboxylic acids is 1. The summed E-state index contributed by atoms with van der Waals surface area (Å²) in [5.74, 6) is -0.0642. The van der Waals surface area contributed by atoms with Crippen molar-refractivity contribution in [3.05, 3.63) is 34.9 Å². The van der Waals surface area contributed by atoms with Crippen LogP contribution in [0, 0.1) is 18.3 Å². The highest BCUT2D eigenvalue weighted by molar-refractivity contribution is 5.91. The maximum atomic E-state index is 10.8. The number of amides is 1. The van der Waals surface area contributed by atoms with E-state index in [9.17, 15) is 4.79 Å². The van der Waals surface area contributed by atoms with Crippen LogP contribution in [0.25, 0.3) is 0 Å². The van der Waals surface area contributed by atoms with E-state index in [-0.39, 0.29) is 0 Å². The Labute approximate surface area is 102 Å². The van der Waals surface area contributed by atoms with E-state index in [0.717, 1.165) is 6.42 Å². The largest absolute Gasteiger partial charge is 0.343 e. The van der Waals surface area contributed by atoms with E-state index in [0.29, 0.717) is 12.5 Å². The molecule has 0 unspecified atom stereocenters. The molecule has 0 atom stereocenters. The van der Waals surface area contributed by atoms with Crippen molar-refractivity contribution in [3.63, 3.8) is 0 Å². The van der Waals surface area contributed by atoms with Gasteiger partial charge in [0.25, 0.3) is 0 Å². The second kappa shape index (κ2) is 6.05. The van der Waals surface area contributed by atoms with Gasteiger partial charge in [-0.05, 0) is 36.0 Å². The zero-order valence-corrected chi connectivity index (χ0v) is 10.6. The molecule has 0 fully saturated rings. The number of carbonyl (C=O) groups is 1. The van der Waals surface area contributed by atoms with Gasteiger partial charge in [0.05, 0.1) is 0 Å². The number of nitrogens with one attached hydrogen (secondary N) is 1. The van der Waals surface area contributed by atoms with Crippen LogP contribution in [0.15, 0.2) is 18.2 Å². The number of aryl methyl sites for hydroxylation is 1. The van der Waals surface area contributed by atoms with Crippen LogP contribution < -0.4 is 5.32 Å². The standard InChI is InChI=1S/C14H18N2O/c1-10(2)12-5-4-11(3)13(8-12)6-7-16-14(17)9-15/h4-5,8,10H,6-7H2,1-3H3,(H,16,17). The number of benzene rings is 1. The Kier molecular flexibility index (Phi) is 4.71. The summed E-state index contributed by atoms with van der Waals surface area (Å²) in [5, 5.41) is 10.9. The van der Waals surface area contributed by atoms with E-state index in [2.05, 4.69) is 44.3 Å². The Bertz CT molecular complexity index is 444. The second-order valence-electron chi connectivity index (χ2n) is 4.46. The van der Waals surface area contributed by atoms with Crippen LogP contribution in [-0.4, -0.2) is 12.5 Å². The molecular weight excluding hydrogens is 212 g/mol. The highest BCUT2D eigenvalue weighted by Crippen LogP contribution is 2.18. The summed E-state index contributed by atoms with van der Waals surface area (Å²) in [6.45, 7) is 6.89. The summed E-state index contributed by atoms with van der Waals surface area (Å²) in [7, 11) is 0. The van der Waals surface area contributed by atoms with Gasteiger partial charge in [-0.1, -0.05) is 32.0 Å². The molecule has 1 N–H and O–H groups in total. The molecule has 0 bridgehead atoms.